The average Bonchev–Trinajstić information content (AvgIpc) is 3.16. The molecule has 25 heavy (non-hydrogen) atoms. The standard InChI is InChI=1S/C21H14N4/c1-2-8-16(9-3-1)20-13-19(23-21-24-22-14-25(20)21)18-12-6-10-15-7-4-5-11-17(15)18/h1-14H. The van der Waals surface area contributed by atoms with Gasteiger partial charge in [0.1, 0.15) is 6.33 Å². The maximum absolute atomic E-state index is 4.73. The Morgan fingerprint density at radius 2 is 1.56 bits per heavy atom. The van der Waals surface area contributed by atoms with Crippen molar-refractivity contribution in [1.29, 1.82) is 0 Å². The molecule has 0 fully saturated rings. The van der Waals surface area contributed by atoms with Gasteiger partial charge in [0.05, 0.1) is 11.4 Å². The van der Waals surface area contributed by atoms with Crippen LogP contribution in [0.1, 0.15) is 0 Å². The van der Waals surface area contributed by atoms with Crippen LogP contribution < -0.4 is 0 Å². The summed E-state index contributed by atoms with van der Waals surface area (Å²) in [5.74, 6) is 0.601. The number of rotatable bonds is 2. The number of aromatic nitrogens is 4. The van der Waals surface area contributed by atoms with Gasteiger partial charge in [-0.3, -0.25) is 4.40 Å². The first kappa shape index (κ1) is 13.9. The lowest BCUT2D eigenvalue weighted by atomic mass is 10.0. The van der Waals surface area contributed by atoms with Crippen LogP contribution in [0.3, 0.4) is 0 Å². The minimum absolute atomic E-state index is 0.601. The second-order valence-electron chi connectivity index (χ2n) is 5.92. The van der Waals surface area contributed by atoms with E-state index in [-0.39, 0.29) is 0 Å². The normalized spacial score (nSPS) is 11.2. The van der Waals surface area contributed by atoms with Crippen LogP contribution in [0.25, 0.3) is 39.1 Å². The Kier molecular flexibility index (Phi) is 3.07. The van der Waals surface area contributed by atoms with Crippen molar-refractivity contribution in [3.63, 3.8) is 0 Å². The van der Waals surface area contributed by atoms with Crippen molar-refractivity contribution in [2.24, 2.45) is 0 Å². The molecule has 4 heteroatoms. The van der Waals surface area contributed by atoms with Gasteiger partial charge in [-0.2, -0.15) is 0 Å². The molecule has 0 saturated carbocycles. The van der Waals surface area contributed by atoms with E-state index in [9.17, 15) is 0 Å². The van der Waals surface area contributed by atoms with Crippen LogP contribution in [0.4, 0.5) is 0 Å². The van der Waals surface area contributed by atoms with E-state index >= 15 is 0 Å². The van der Waals surface area contributed by atoms with Crippen molar-refractivity contribution in [3.8, 4) is 22.5 Å². The lowest BCUT2D eigenvalue weighted by molar-refractivity contribution is 1.10. The lowest BCUT2D eigenvalue weighted by Crippen LogP contribution is -1.97. The summed E-state index contributed by atoms with van der Waals surface area (Å²) in [5, 5.41) is 10.6. The minimum atomic E-state index is 0.601. The molecule has 0 spiro atoms. The van der Waals surface area contributed by atoms with Gasteiger partial charge in [0.15, 0.2) is 0 Å². The summed E-state index contributed by atoms with van der Waals surface area (Å²) in [4.78, 5) is 4.73. The summed E-state index contributed by atoms with van der Waals surface area (Å²) in [5.41, 5.74) is 4.13. The second kappa shape index (κ2) is 5.53. The molecule has 0 bridgehead atoms. The Morgan fingerprint density at radius 1 is 0.760 bits per heavy atom. The molecule has 2 aromatic heterocycles. The third kappa shape index (κ3) is 2.27. The molecule has 5 aromatic rings. The van der Waals surface area contributed by atoms with E-state index in [1.165, 1.54) is 10.8 Å². The Hall–Kier alpha value is -3.53. The van der Waals surface area contributed by atoms with Gasteiger partial charge in [-0.25, -0.2) is 4.98 Å². The van der Waals surface area contributed by atoms with Crippen molar-refractivity contribution in [3.05, 3.63) is 85.2 Å². The van der Waals surface area contributed by atoms with Gasteiger partial charge in [0.2, 0.25) is 0 Å². The first-order valence-corrected chi connectivity index (χ1v) is 8.14. The molecule has 118 valence electrons. The van der Waals surface area contributed by atoms with E-state index in [2.05, 4.69) is 70.9 Å². The monoisotopic (exact) mass is 322 g/mol. The van der Waals surface area contributed by atoms with Crippen LogP contribution in [0.15, 0.2) is 85.2 Å². The summed E-state index contributed by atoms with van der Waals surface area (Å²) in [6, 6.07) is 27.0. The fraction of sp³-hybridized carbons (Fsp3) is 0. The summed E-state index contributed by atoms with van der Waals surface area (Å²) >= 11 is 0. The van der Waals surface area contributed by atoms with Gasteiger partial charge in [0, 0.05) is 5.56 Å². The Balaban J connectivity index is 1.83. The summed E-state index contributed by atoms with van der Waals surface area (Å²) in [6.07, 6.45) is 1.71. The molecule has 0 saturated heterocycles. The number of hydrogen-bond donors (Lipinski definition) is 0. The van der Waals surface area contributed by atoms with Crippen LogP contribution in [-0.4, -0.2) is 19.6 Å². The first-order chi connectivity index (χ1) is 12.4. The summed E-state index contributed by atoms with van der Waals surface area (Å²) in [6.45, 7) is 0. The van der Waals surface area contributed by atoms with E-state index in [1.807, 2.05) is 22.6 Å². The predicted molar refractivity (Wildman–Crippen MR) is 99.2 cm³/mol. The number of hydrogen-bond acceptors (Lipinski definition) is 3. The van der Waals surface area contributed by atoms with E-state index in [4.69, 9.17) is 4.98 Å². The maximum Gasteiger partial charge on any atom is 0.255 e. The van der Waals surface area contributed by atoms with Crippen LogP contribution in [-0.2, 0) is 0 Å². The fourth-order valence-electron chi connectivity index (χ4n) is 3.23. The Bertz CT molecular complexity index is 1190. The van der Waals surface area contributed by atoms with Gasteiger partial charge in [-0.05, 0) is 22.4 Å². The molecule has 5 rings (SSSR count). The molecule has 0 aliphatic carbocycles. The lowest BCUT2D eigenvalue weighted by Gasteiger charge is -2.10. The SMILES string of the molecule is c1ccc(-c2cc(-c3cccc4ccccc34)nc3nncn23)cc1. The van der Waals surface area contributed by atoms with Crippen molar-refractivity contribution in [2.45, 2.75) is 0 Å². The topological polar surface area (TPSA) is 43.1 Å². The Morgan fingerprint density at radius 3 is 2.48 bits per heavy atom. The number of fused-ring (bicyclic) bond motifs is 2. The summed E-state index contributed by atoms with van der Waals surface area (Å²) < 4.78 is 1.92. The zero-order chi connectivity index (χ0) is 16.6. The van der Waals surface area contributed by atoms with Crippen LogP contribution in [0, 0.1) is 0 Å². The largest absolute Gasteiger partial charge is 0.265 e. The van der Waals surface area contributed by atoms with Gasteiger partial charge >= 0.3 is 0 Å². The molecule has 4 nitrogen and oxygen atoms in total. The molecule has 2 heterocycles. The van der Waals surface area contributed by atoms with Gasteiger partial charge in [-0.15, -0.1) is 10.2 Å². The molecule has 0 aliphatic rings. The molecule has 0 amide bonds. The highest BCUT2D eigenvalue weighted by atomic mass is 15.3. The second-order valence-corrected chi connectivity index (χ2v) is 5.92. The molecule has 0 atom stereocenters. The van der Waals surface area contributed by atoms with E-state index in [1.54, 1.807) is 6.33 Å². The van der Waals surface area contributed by atoms with Crippen molar-refractivity contribution >= 4 is 16.6 Å². The molecule has 0 N–H and O–H groups in total. The van der Waals surface area contributed by atoms with Crippen LogP contribution in [0.5, 0.6) is 0 Å². The third-order valence-electron chi connectivity index (χ3n) is 4.42. The van der Waals surface area contributed by atoms with Gasteiger partial charge < -0.3 is 0 Å². The maximum atomic E-state index is 4.73. The van der Waals surface area contributed by atoms with Crippen LogP contribution in [0.2, 0.25) is 0 Å². The highest BCUT2D eigenvalue weighted by Gasteiger charge is 2.12. The fourth-order valence-corrected chi connectivity index (χ4v) is 3.23. The molecule has 3 aromatic carbocycles. The van der Waals surface area contributed by atoms with Crippen molar-refractivity contribution in [1.82, 2.24) is 19.6 Å². The number of benzene rings is 3. The average molecular weight is 322 g/mol. The van der Waals surface area contributed by atoms with Gasteiger partial charge in [-0.1, -0.05) is 72.8 Å². The van der Waals surface area contributed by atoms with Crippen molar-refractivity contribution < 1.29 is 0 Å². The first-order valence-electron chi connectivity index (χ1n) is 8.14. The van der Waals surface area contributed by atoms with E-state index in [0.717, 1.165) is 22.5 Å². The minimum Gasteiger partial charge on any atom is -0.265 e. The molecular weight excluding hydrogens is 308 g/mol. The van der Waals surface area contributed by atoms with E-state index < -0.39 is 0 Å². The van der Waals surface area contributed by atoms with Crippen LogP contribution >= 0.6 is 0 Å². The van der Waals surface area contributed by atoms with E-state index in [0.29, 0.717) is 5.78 Å². The zero-order valence-corrected chi connectivity index (χ0v) is 13.4. The highest BCUT2D eigenvalue weighted by Crippen LogP contribution is 2.30. The Labute approximate surface area is 144 Å². The number of nitrogens with zero attached hydrogens (tertiary/aromatic N) is 4. The molecule has 0 unspecified atom stereocenters. The summed E-state index contributed by atoms with van der Waals surface area (Å²) in [7, 11) is 0. The smallest absolute Gasteiger partial charge is 0.255 e. The molecule has 0 radical (unpaired) electrons. The van der Waals surface area contributed by atoms with Gasteiger partial charge in [0.25, 0.3) is 5.78 Å². The quantitative estimate of drug-likeness (QED) is 0.476. The molecule has 0 aliphatic heterocycles. The predicted octanol–water partition coefficient (Wildman–Crippen LogP) is 4.61. The highest BCUT2D eigenvalue weighted by molar-refractivity contribution is 5.96. The molecular formula is C21H14N4. The van der Waals surface area contributed by atoms with Crippen molar-refractivity contribution in [2.75, 3.05) is 0 Å². The zero-order valence-electron chi connectivity index (χ0n) is 13.4. The third-order valence-corrected chi connectivity index (χ3v) is 4.42.